The molecule has 3 rings (SSSR count). The lowest BCUT2D eigenvalue weighted by atomic mass is 9.89. The first-order valence-corrected chi connectivity index (χ1v) is 7.65. The summed E-state index contributed by atoms with van der Waals surface area (Å²) in [5, 5.41) is 2.13. The van der Waals surface area contributed by atoms with Crippen LogP contribution in [0.5, 0.6) is 0 Å². The minimum atomic E-state index is 0.557. The number of likely N-dealkylation sites (tertiary alicyclic amines) is 1. The molecule has 1 aromatic heterocycles. The molecule has 1 saturated heterocycles. The Morgan fingerprint density at radius 3 is 2.79 bits per heavy atom. The van der Waals surface area contributed by atoms with E-state index in [1.807, 2.05) is 5.51 Å². The van der Waals surface area contributed by atoms with E-state index in [9.17, 15) is 0 Å². The summed E-state index contributed by atoms with van der Waals surface area (Å²) in [6, 6.07) is 10.8. The summed E-state index contributed by atoms with van der Waals surface area (Å²) in [5.74, 6) is 1.12. The normalized spacial score (nSPS) is 23.8. The maximum Gasteiger partial charge on any atom is 0.0795 e. The summed E-state index contributed by atoms with van der Waals surface area (Å²) >= 11 is 1.66. The monoisotopic (exact) mass is 273 g/mol. The molecule has 100 valence electrons. The molecule has 1 aliphatic rings. The van der Waals surface area contributed by atoms with Gasteiger partial charge in [0.15, 0.2) is 0 Å². The zero-order valence-electron chi connectivity index (χ0n) is 10.9. The highest BCUT2D eigenvalue weighted by molar-refractivity contribution is 7.07. The van der Waals surface area contributed by atoms with Gasteiger partial charge in [0.1, 0.15) is 0 Å². The molecule has 2 N–H and O–H groups in total. The van der Waals surface area contributed by atoms with Crippen LogP contribution in [0, 0.1) is 5.92 Å². The first-order chi connectivity index (χ1) is 9.36. The standard InChI is InChI=1S/C15H19N3S/c16-6-13-7-18(8-14-10-19-11-17-14)9-15(13)12-4-2-1-3-5-12/h1-5,10-11,13,15H,6-9,16H2/t13-,15+/m1/s1. The number of nitrogens with zero attached hydrogens (tertiary/aromatic N) is 2. The van der Waals surface area contributed by atoms with E-state index in [4.69, 9.17) is 5.73 Å². The van der Waals surface area contributed by atoms with Crippen LogP contribution >= 0.6 is 11.3 Å². The van der Waals surface area contributed by atoms with Crippen LogP contribution < -0.4 is 5.73 Å². The molecule has 2 aromatic rings. The van der Waals surface area contributed by atoms with E-state index in [2.05, 4.69) is 45.6 Å². The lowest BCUT2D eigenvalue weighted by Crippen LogP contribution is -2.23. The summed E-state index contributed by atoms with van der Waals surface area (Å²) in [6.45, 7) is 3.87. The van der Waals surface area contributed by atoms with E-state index in [0.717, 1.165) is 26.2 Å². The minimum Gasteiger partial charge on any atom is -0.330 e. The van der Waals surface area contributed by atoms with Gasteiger partial charge in [-0.1, -0.05) is 30.3 Å². The number of hydrogen-bond donors (Lipinski definition) is 1. The van der Waals surface area contributed by atoms with E-state index < -0.39 is 0 Å². The van der Waals surface area contributed by atoms with Crippen LogP contribution in [0.25, 0.3) is 0 Å². The predicted octanol–water partition coefficient (Wildman–Crippen LogP) is 2.32. The highest BCUT2D eigenvalue weighted by atomic mass is 32.1. The predicted molar refractivity (Wildman–Crippen MR) is 79.1 cm³/mol. The summed E-state index contributed by atoms with van der Waals surface area (Å²) in [6.07, 6.45) is 0. The van der Waals surface area contributed by atoms with Crippen molar-refractivity contribution < 1.29 is 0 Å². The van der Waals surface area contributed by atoms with Gasteiger partial charge in [0.05, 0.1) is 11.2 Å². The largest absolute Gasteiger partial charge is 0.330 e. The number of thiazole rings is 1. The Kier molecular flexibility index (Phi) is 3.92. The second kappa shape index (κ2) is 5.82. The molecule has 0 saturated carbocycles. The number of benzene rings is 1. The van der Waals surface area contributed by atoms with Crippen LogP contribution in [0.4, 0.5) is 0 Å². The molecule has 1 fully saturated rings. The third-order valence-electron chi connectivity index (χ3n) is 3.92. The van der Waals surface area contributed by atoms with Crippen LogP contribution in [0.3, 0.4) is 0 Å². The van der Waals surface area contributed by atoms with Gasteiger partial charge in [-0.3, -0.25) is 4.90 Å². The van der Waals surface area contributed by atoms with Crippen molar-refractivity contribution in [3.63, 3.8) is 0 Å². The first kappa shape index (κ1) is 12.8. The van der Waals surface area contributed by atoms with E-state index in [-0.39, 0.29) is 0 Å². The topological polar surface area (TPSA) is 42.1 Å². The third-order valence-corrected chi connectivity index (χ3v) is 4.55. The zero-order valence-corrected chi connectivity index (χ0v) is 11.7. The Morgan fingerprint density at radius 1 is 1.26 bits per heavy atom. The molecular weight excluding hydrogens is 254 g/mol. The Labute approximate surface area is 118 Å². The van der Waals surface area contributed by atoms with Crippen molar-refractivity contribution >= 4 is 11.3 Å². The molecule has 0 amide bonds. The van der Waals surface area contributed by atoms with Gasteiger partial charge in [-0.25, -0.2) is 4.98 Å². The van der Waals surface area contributed by atoms with Crippen molar-refractivity contribution in [1.82, 2.24) is 9.88 Å². The molecule has 3 nitrogen and oxygen atoms in total. The third kappa shape index (κ3) is 2.86. The Morgan fingerprint density at radius 2 is 2.11 bits per heavy atom. The van der Waals surface area contributed by atoms with Gasteiger partial charge in [-0.05, 0) is 18.0 Å². The average molecular weight is 273 g/mol. The molecule has 2 atom stereocenters. The molecule has 0 unspecified atom stereocenters. The average Bonchev–Trinajstić information content (AvgIpc) is 3.09. The van der Waals surface area contributed by atoms with Crippen molar-refractivity contribution in [2.75, 3.05) is 19.6 Å². The van der Waals surface area contributed by atoms with Crippen molar-refractivity contribution in [2.24, 2.45) is 11.7 Å². The minimum absolute atomic E-state index is 0.557. The fraction of sp³-hybridized carbons (Fsp3) is 0.400. The quantitative estimate of drug-likeness (QED) is 0.929. The number of hydrogen-bond acceptors (Lipinski definition) is 4. The van der Waals surface area contributed by atoms with Crippen molar-refractivity contribution in [3.8, 4) is 0 Å². The maximum absolute atomic E-state index is 5.96. The Bertz CT molecular complexity index is 497. The molecule has 0 aliphatic carbocycles. The lowest BCUT2D eigenvalue weighted by molar-refractivity contribution is 0.313. The van der Waals surface area contributed by atoms with E-state index >= 15 is 0 Å². The molecule has 1 aromatic carbocycles. The van der Waals surface area contributed by atoms with Gasteiger partial charge in [-0.15, -0.1) is 11.3 Å². The molecule has 19 heavy (non-hydrogen) atoms. The van der Waals surface area contributed by atoms with Crippen LogP contribution in [0.1, 0.15) is 17.2 Å². The fourth-order valence-corrected chi connectivity index (χ4v) is 3.50. The number of nitrogens with two attached hydrogens (primary N) is 1. The molecular formula is C15H19N3S. The molecule has 1 aliphatic heterocycles. The van der Waals surface area contributed by atoms with Gasteiger partial charge < -0.3 is 5.73 Å². The highest BCUT2D eigenvalue weighted by Crippen LogP contribution is 2.32. The van der Waals surface area contributed by atoms with Gasteiger partial charge in [0, 0.05) is 30.9 Å². The summed E-state index contributed by atoms with van der Waals surface area (Å²) < 4.78 is 0. The number of aromatic nitrogens is 1. The van der Waals surface area contributed by atoms with E-state index in [0.29, 0.717) is 11.8 Å². The maximum atomic E-state index is 5.96. The summed E-state index contributed by atoms with van der Waals surface area (Å²) in [5.41, 5.74) is 10.5. The lowest BCUT2D eigenvalue weighted by Gasteiger charge is -2.16. The highest BCUT2D eigenvalue weighted by Gasteiger charge is 2.32. The molecule has 0 bridgehead atoms. The molecule has 0 spiro atoms. The van der Waals surface area contributed by atoms with Crippen LogP contribution in [-0.2, 0) is 6.54 Å². The smallest absolute Gasteiger partial charge is 0.0795 e. The number of rotatable bonds is 4. The van der Waals surface area contributed by atoms with Crippen LogP contribution in [0.2, 0.25) is 0 Å². The van der Waals surface area contributed by atoms with Crippen molar-refractivity contribution in [1.29, 1.82) is 0 Å². The fourth-order valence-electron chi connectivity index (χ4n) is 2.95. The van der Waals surface area contributed by atoms with Crippen molar-refractivity contribution in [3.05, 3.63) is 52.5 Å². The second-order valence-corrected chi connectivity index (χ2v) is 5.91. The molecule has 2 heterocycles. The second-order valence-electron chi connectivity index (χ2n) is 5.19. The van der Waals surface area contributed by atoms with Gasteiger partial charge in [0.25, 0.3) is 0 Å². The van der Waals surface area contributed by atoms with Crippen LogP contribution in [0.15, 0.2) is 41.2 Å². The van der Waals surface area contributed by atoms with Gasteiger partial charge >= 0.3 is 0 Å². The summed E-state index contributed by atoms with van der Waals surface area (Å²) in [7, 11) is 0. The van der Waals surface area contributed by atoms with E-state index in [1.165, 1.54) is 11.3 Å². The SMILES string of the molecule is NC[C@@H]1CN(Cc2cscn2)C[C@H]1c1ccccc1. The van der Waals surface area contributed by atoms with Gasteiger partial charge in [-0.2, -0.15) is 0 Å². The Balaban J connectivity index is 1.72. The van der Waals surface area contributed by atoms with Crippen molar-refractivity contribution in [2.45, 2.75) is 12.5 Å². The first-order valence-electron chi connectivity index (χ1n) is 6.71. The molecule has 4 heteroatoms. The Hall–Kier alpha value is -1.23. The zero-order chi connectivity index (χ0) is 13.1. The van der Waals surface area contributed by atoms with E-state index in [1.54, 1.807) is 11.3 Å². The van der Waals surface area contributed by atoms with Gasteiger partial charge in [0.2, 0.25) is 0 Å². The molecule has 0 radical (unpaired) electrons. The van der Waals surface area contributed by atoms with Crippen LogP contribution in [-0.4, -0.2) is 29.5 Å². The summed E-state index contributed by atoms with van der Waals surface area (Å²) in [4.78, 5) is 6.85.